The summed E-state index contributed by atoms with van der Waals surface area (Å²) >= 11 is 0. The first-order chi connectivity index (χ1) is 9.22. The quantitative estimate of drug-likeness (QED) is 0.832. The third-order valence-electron chi connectivity index (χ3n) is 5.23. The van der Waals surface area contributed by atoms with Crippen LogP contribution in [0.15, 0.2) is 0 Å². The zero-order chi connectivity index (χ0) is 13.7. The van der Waals surface area contributed by atoms with Gasteiger partial charge in [0.1, 0.15) is 0 Å². The van der Waals surface area contributed by atoms with E-state index in [4.69, 9.17) is 10.5 Å². The van der Waals surface area contributed by atoms with E-state index in [0.717, 1.165) is 24.4 Å². The van der Waals surface area contributed by atoms with Gasteiger partial charge >= 0.3 is 0 Å². The molecule has 2 rings (SSSR count). The van der Waals surface area contributed by atoms with E-state index in [2.05, 4.69) is 11.8 Å². The van der Waals surface area contributed by atoms with E-state index in [1.54, 1.807) is 0 Å². The van der Waals surface area contributed by atoms with Crippen molar-refractivity contribution in [1.82, 2.24) is 4.90 Å². The van der Waals surface area contributed by atoms with Gasteiger partial charge in [-0.2, -0.15) is 0 Å². The Balaban J connectivity index is 1.81. The molecule has 0 amide bonds. The first kappa shape index (κ1) is 15.3. The Hall–Kier alpha value is -0.120. The fourth-order valence-corrected chi connectivity index (χ4v) is 3.99. The van der Waals surface area contributed by atoms with Crippen LogP contribution in [0.3, 0.4) is 0 Å². The lowest BCUT2D eigenvalue weighted by atomic mass is 9.77. The van der Waals surface area contributed by atoms with Crippen molar-refractivity contribution in [2.75, 3.05) is 33.4 Å². The Morgan fingerprint density at radius 3 is 2.79 bits per heavy atom. The molecule has 19 heavy (non-hydrogen) atoms. The van der Waals surface area contributed by atoms with E-state index >= 15 is 0 Å². The summed E-state index contributed by atoms with van der Waals surface area (Å²) in [6, 6.07) is 0.436. The highest BCUT2D eigenvalue weighted by atomic mass is 16.5. The molecule has 2 N–H and O–H groups in total. The average Bonchev–Trinajstić information content (AvgIpc) is 2.42. The summed E-state index contributed by atoms with van der Waals surface area (Å²) in [6.07, 6.45) is 7.92. The molecule has 1 aliphatic heterocycles. The lowest BCUT2D eigenvalue weighted by Gasteiger charge is -2.39. The third kappa shape index (κ3) is 4.44. The molecule has 0 bridgehead atoms. The number of likely N-dealkylation sites (tertiary alicyclic amines) is 1. The number of hydrogen-bond donors (Lipinski definition) is 1. The molecule has 1 saturated carbocycles. The maximum atomic E-state index is 6.36. The summed E-state index contributed by atoms with van der Waals surface area (Å²) in [4.78, 5) is 2.65. The Labute approximate surface area is 118 Å². The Bertz CT molecular complexity index is 257. The number of hydrogen-bond acceptors (Lipinski definition) is 3. The highest BCUT2D eigenvalue weighted by molar-refractivity contribution is 4.85. The number of piperidine rings is 1. The van der Waals surface area contributed by atoms with Crippen LogP contribution in [-0.4, -0.2) is 44.3 Å². The number of nitrogens with two attached hydrogens (primary N) is 1. The fraction of sp³-hybridized carbons (Fsp3) is 1.00. The summed E-state index contributed by atoms with van der Waals surface area (Å²) in [7, 11) is 1.82. The van der Waals surface area contributed by atoms with Crippen LogP contribution < -0.4 is 5.73 Å². The van der Waals surface area contributed by atoms with E-state index in [-0.39, 0.29) is 0 Å². The Kier molecular flexibility index (Phi) is 6.11. The van der Waals surface area contributed by atoms with Crippen molar-refractivity contribution < 1.29 is 4.74 Å². The second-order valence-electron chi connectivity index (χ2n) is 6.73. The highest BCUT2D eigenvalue weighted by Crippen LogP contribution is 2.31. The van der Waals surface area contributed by atoms with Gasteiger partial charge < -0.3 is 15.4 Å². The van der Waals surface area contributed by atoms with Crippen molar-refractivity contribution in [3.05, 3.63) is 0 Å². The molecule has 1 saturated heterocycles. The summed E-state index contributed by atoms with van der Waals surface area (Å²) in [5, 5.41) is 0. The summed E-state index contributed by atoms with van der Waals surface area (Å²) in [5.74, 6) is 2.38. The molecular weight excluding hydrogens is 236 g/mol. The van der Waals surface area contributed by atoms with Crippen molar-refractivity contribution in [2.45, 2.75) is 51.5 Å². The average molecular weight is 268 g/mol. The standard InChI is InChI=1S/C16H32N2O/c1-3-13-6-7-16(17)15(9-13)11-18-8-4-5-14(10-18)12-19-2/h13-16H,3-12,17H2,1-2H3. The molecule has 1 aliphatic carbocycles. The topological polar surface area (TPSA) is 38.5 Å². The van der Waals surface area contributed by atoms with Crippen molar-refractivity contribution in [2.24, 2.45) is 23.5 Å². The molecule has 112 valence electrons. The minimum atomic E-state index is 0.436. The van der Waals surface area contributed by atoms with Crippen LogP contribution in [0.5, 0.6) is 0 Å². The lowest BCUT2D eigenvalue weighted by Crippen LogP contribution is -2.46. The van der Waals surface area contributed by atoms with Gasteiger partial charge in [-0.3, -0.25) is 0 Å². The van der Waals surface area contributed by atoms with Gasteiger partial charge in [0.15, 0.2) is 0 Å². The molecular formula is C16H32N2O. The summed E-state index contributed by atoms with van der Waals surface area (Å²) in [6.45, 7) is 6.95. The van der Waals surface area contributed by atoms with Crippen LogP contribution in [-0.2, 0) is 4.74 Å². The van der Waals surface area contributed by atoms with Gasteiger partial charge in [0.25, 0.3) is 0 Å². The Morgan fingerprint density at radius 2 is 2.05 bits per heavy atom. The van der Waals surface area contributed by atoms with Crippen LogP contribution in [0.25, 0.3) is 0 Å². The van der Waals surface area contributed by atoms with Gasteiger partial charge in [-0.15, -0.1) is 0 Å². The molecule has 3 heteroatoms. The molecule has 4 atom stereocenters. The van der Waals surface area contributed by atoms with Gasteiger partial charge in [-0.1, -0.05) is 13.3 Å². The van der Waals surface area contributed by atoms with Gasteiger partial charge in [0, 0.05) is 26.2 Å². The van der Waals surface area contributed by atoms with Gasteiger partial charge in [0.2, 0.25) is 0 Å². The normalized spacial score (nSPS) is 37.4. The zero-order valence-corrected chi connectivity index (χ0v) is 12.8. The molecule has 0 aromatic rings. The molecule has 0 aromatic heterocycles. The number of nitrogens with zero attached hydrogens (tertiary/aromatic N) is 1. The fourth-order valence-electron chi connectivity index (χ4n) is 3.99. The number of ether oxygens (including phenoxy) is 1. The molecule has 4 unspecified atom stereocenters. The minimum absolute atomic E-state index is 0.436. The SMILES string of the molecule is CCC1CCC(N)C(CN2CCCC(COC)C2)C1. The molecule has 2 fully saturated rings. The van der Waals surface area contributed by atoms with Crippen LogP contribution in [0.1, 0.15) is 45.4 Å². The molecule has 0 aromatic carbocycles. The largest absolute Gasteiger partial charge is 0.384 e. The second-order valence-corrected chi connectivity index (χ2v) is 6.73. The van der Waals surface area contributed by atoms with Crippen molar-refractivity contribution in [1.29, 1.82) is 0 Å². The van der Waals surface area contributed by atoms with Crippen LogP contribution in [0.4, 0.5) is 0 Å². The van der Waals surface area contributed by atoms with Gasteiger partial charge in [-0.05, 0) is 56.4 Å². The molecule has 0 radical (unpaired) electrons. The Morgan fingerprint density at radius 1 is 1.21 bits per heavy atom. The van der Waals surface area contributed by atoms with Crippen molar-refractivity contribution in [3.63, 3.8) is 0 Å². The van der Waals surface area contributed by atoms with Crippen LogP contribution >= 0.6 is 0 Å². The third-order valence-corrected chi connectivity index (χ3v) is 5.23. The number of rotatable bonds is 5. The van der Waals surface area contributed by atoms with Gasteiger partial charge in [0.05, 0.1) is 6.61 Å². The van der Waals surface area contributed by atoms with E-state index < -0.39 is 0 Å². The minimum Gasteiger partial charge on any atom is -0.384 e. The summed E-state index contributed by atoms with van der Waals surface area (Å²) in [5.41, 5.74) is 6.36. The summed E-state index contributed by atoms with van der Waals surface area (Å²) < 4.78 is 5.32. The van der Waals surface area contributed by atoms with E-state index in [0.29, 0.717) is 6.04 Å². The van der Waals surface area contributed by atoms with E-state index in [9.17, 15) is 0 Å². The van der Waals surface area contributed by atoms with Crippen molar-refractivity contribution >= 4 is 0 Å². The highest BCUT2D eigenvalue weighted by Gasteiger charge is 2.30. The predicted octanol–water partition coefficient (Wildman–Crippen LogP) is 2.50. The van der Waals surface area contributed by atoms with E-state index in [1.807, 2.05) is 7.11 Å². The first-order valence-electron chi connectivity index (χ1n) is 8.19. The monoisotopic (exact) mass is 268 g/mol. The maximum Gasteiger partial charge on any atom is 0.0502 e. The van der Waals surface area contributed by atoms with Crippen LogP contribution in [0, 0.1) is 17.8 Å². The van der Waals surface area contributed by atoms with E-state index in [1.165, 1.54) is 58.2 Å². The van der Waals surface area contributed by atoms with Crippen molar-refractivity contribution in [3.8, 4) is 0 Å². The molecule has 1 heterocycles. The van der Waals surface area contributed by atoms with Gasteiger partial charge in [-0.25, -0.2) is 0 Å². The molecule has 2 aliphatic rings. The predicted molar refractivity (Wildman–Crippen MR) is 80.1 cm³/mol. The maximum absolute atomic E-state index is 6.36. The second kappa shape index (κ2) is 7.61. The first-order valence-corrected chi connectivity index (χ1v) is 8.19. The number of methoxy groups -OCH3 is 1. The zero-order valence-electron chi connectivity index (χ0n) is 12.8. The molecule has 3 nitrogen and oxygen atoms in total. The smallest absolute Gasteiger partial charge is 0.0502 e. The lowest BCUT2D eigenvalue weighted by molar-refractivity contribution is 0.0709. The van der Waals surface area contributed by atoms with Crippen LogP contribution in [0.2, 0.25) is 0 Å². The molecule has 0 spiro atoms.